The highest BCUT2D eigenvalue weighted by molar-refractivity contribution is 7.80. The summed E-state index contributed by atoms with van der Waals surface area (Å²) in [6, 6.07) is 10.8. The fraction of sp³-hybridized carbons (Fsp3) is 0.333. The predicted molar refractivity (Wildman–Crippen MR) is 118 cm³/mol. The second kappa shape index (κ2) is 10.6. The summed E-state index contributed by atoms with van der Waals surface area (Å²) in [6.45, 7) is 2.38. The van der Waals surface area contributed by atoms with Crippen LogP contribution in [0.3, 0.4) is 0 Å². The Hall–Kier alpha value is -3.40. The lowest BCUT2D eigenvalue weighted by atomic mass is 10.1. The Morgan fingerprint density at radius 2 is 1.84 bits per heavy atom. The van der Waals surface area contributed by atoms with E-state index < -0.39 is 6.10 Å². The van der Waals surface area contributed by atoms with Gasteiger partial charge in [0.2, 0.25) is 6.79 Å². The lowest BCUT2D eigenvalue weighted by molar-refractivity contribution is -0.127. The predicted octanol–water partition coefficient (Wildman–Crippen LogP) is 1.94. The van der Waals surface area contributed by atoms with E-state index in [-0.39, 0.29) is 12.7 Å². The van der Waals surface area contributed by atoms with Gasteiger partial charge in [-0.25, -0.2) is 0 Å². The number of hydrogen-bond donors (Lipinski definition) is 3. The van der Waals surface area contributed by atoms with Crippen molar-refractivity contribution in [2.45, 2.75) is 19.4 Å². The molecule has 0 radical (unpaired) electrons. The zero-order valence-corrected chi connectivity index (χ0v) is 18.3. The summed E-state index contributed by atoms with van der Waals surface area (Å²) in [7, 11) is 3.19. The number of fused-ring (bicyclic) bond motifs is 1. The summed E-state index contributed by atoms with van der Waals surface area (Å²) >= 11 is 5.19. The van der Waals surface area contributed by atoms with Crippen LogP contribution in [0, 0.1) is 0 Å². The second-order valence-corrected chi connectivity index (χ2v) is 6.99. The summed E-state index contributed by atoms with van der Waals surface area (Å²) < 4.78 is 26.7. The molecule has 0 aliphatic carbocycles. The number of nitrogens with one attached hydrogen (secondary N) is 3. The van der Waals surface area contributed by atoms with E-state index in [4.69, 9.17) is 35.9 Å². The fourth-order valence-corrected chi connectivity index (χ4v) is 2.98. The van der Waals surface area contributed by atoms with Crippen LogP contribution >= 0.6 is 12.2 Å². The van der Waals surface area contributed by atoms with Gasteiger partial charge in [-0.15, -0.1) is 0 Å². The van der Waals surface area contributed by atoms with E-state index in [1.54, 1.807) is 39.3 Å². The van der Waals surface area contributed by atoms with Gasteiger partial charge in [0.1, 0.15) is 5.75 Å². The van der Waals surface area contributed by atoms with Crippen LogP contribution in [0.25, 0.3) is 0 Å². The van der Waals surface area contributed by atoms with Crippen LogP contribution in [0.15, 0.2) is 36.4 Å². The third-order valence-electron chi connectivity index (χ3n) is 4.47. The average molecular weight is 448 g/mol. The van der Waals surface area contributed by atoms with Gasteiger partial charge in [0.25, 0.3) is 5.91 Å². The number of hydrazine groups is 1. The molecule has 0 unspecified atom stereocenters. The number of hydrogen-bond acceptors (Lipinski definition) is 7. The van der Waals surface area contributed by atoms with Crippen molar-refractivity contribution in [2.75, 3.05) is 27.6 Å². The smallest absolute Gasteiger partial charge is 0.279 e. The minimum atomic E-state index is -0.748. The zero-order chi connectivity index (χ0) is 22.2. The molecule has 0 spiro atoms. The summed E-state index contributed by atoms with van der Waals surface area (Å²) in [5.41, 5.74) is 6.25. The van der Waals surface area contributed by atoms with Crippen LogP contribution in [0.5, 0.6) is 28.7 Å². The molecule has 1 atom stereocenters. The molecule has 31 heavy (non-hydrogen) atoms. The lowest BCUT2D eigenvalue weighted by Crippen LogP contribution is -2.50. The Kier molecular flexibility index (Phi) is 7.60. The van der Waals surface area contributed by atoms with Gasteiger partial charge in [-0.05, 0) is 55.4 Å². The molecule has 166 valence electrons. The van der Waals surface area contributed by atoms with Gasteiger partial charge < -0.3 is 29.0 Å². The first-order chi connectivity index (χ1) is 15.0. The van der Waals surface area contributed by atoms with Gasteiger partial charge in [0.05, 0.1) is 14.2 Å². The molecule has 1 heterocycles. The summed E-state index contributed by atoms with van der Waals surface area (Å²) in [6.07, 6.45) is -0.0397. The summed E-state index contributed by atoms with van der Waals surface area (Å²) in [4.78, 5) is 12.2. The Balaban J connectivity index is 1.38. The van der Waals surface area contributed by atoms with Crippen molar-refractivity contribution in [3.8, 4) is 28.7 Å². The SMILES string of the molecule is COc1ccc(CCNC(=S)NNC(=O)[C@@H](C)Oc2ccc3c(c2)OCO3)cc1OC. The number of methoxy groups -OCH3 is 2. The first-order valence-corrected chi connectivity index (χ1v) is 10.0. The van der Waals surface area contributed by atoms with Crippen LogP contribution in [-0.2, 0) is 11.2 Å². The molecule has 2 aromatic rings. The molecule has 1 aliphatic heterocycles. The maximum atomic E-state index is 12.2. The number of carbonyl (C=O) groups is 1. The Labute approximate surface area is 185 Å². The van der Waals surface area contributed by atoms with Crippen molar-refractivity contribution >= 4 is 23.2 Å². The van der Waals surface area contributed by atoms with Gasteiger partial charge >= 0.3 is 0 Å². The summed E-state index contributed by atoms with van der Waals surface area (Å²) in [5.74, 6) is 2.71. The highest BCUT2D eigenvalue weighted by Gasteiger charge is 2.18. The van der Waals surface area contributed by atoms with Crippen molar-refractivity contribution in [3.05, 3.63) is 42.0 Å². The first-order valence-electron chi connectivity index (χ1n) is 9.61. The van der Waals surface area contributed by atoms with Crippen molar-refractivity contribution in [2.24, 2.45) is 0 Å². The maximum Gasteiger partial charge on any atom is 0.279 e. The number of thiocarbonyl (C=S) groups is 1. The zero-order valence-electron chi connectivity index (χ0n) is 17.5. The highest BCUT2D eigenvalue weighted by atomic mass is 32.1. The van der Waals surface area contributed by atoms with Gasteiger partial charge in [-0.3, -0.25) is 15.6 Å². The van der Waals surface area contributed by atoms with Gasteiger partial charge in [-0.2, -0.15) is 0 Å². The molecule has 2 aromatic carbocycles. The standard InChI is InChI=1S/C21H25N3O6S/c1-13(30-15-5-7-17-19(11-15)29-12-28-17)20(25)23-24-21(31)22-9-8-14-4-6-16(26-2)18(10-14)27-3/h4-7,10-11,13H,8-9,12H2,1-3H3,(H,23,25)(H2,22,24,31)/t13-/m1/s1. The lowest BCUT2D eigenvalue weighted by Gasteiger charge is -2.17. The minimum absolute atomic E-state index is 0.176. The van der Waals surface area contributed by atoms with E-state index in [0.717, 1.165) is 5.56 Å². The third kappa shape index (κ3) is 6.05. The van der Waals surface area contributed by atoms with Crippen LogP contribution in [0.4, 0.5) is 0 Å². The van der Waals surface area contributed by atoms with Crippen LogP contribution < -0.4 is 39.9 Å². The first kappa shape index (κ1) is 22.3. The Morgan fingerprint density at radius 1 is 1.06 bits per heavy atom. The highest BCUT2D eigenvalue weighted by Crippen LogP contribution is 2.35. The molecule has 3 N–H and O–H groups in total. The maximum absolute atomic E-state index is 12.2. The van der Waals surface area contributed by atoms with E-state index in [0.29, 0.717) is 46.8 Å². The second-order valence-electron chi connectivity index (χ2n) is 6.58. The molecule has 0 saturated heterocycles. The molecule has 0 fully saturated rings. The quantitative estimate of drug-likeness (QED) is 0.414. The van der Waals surface area contributed by atoms with Gasteiger partial charge in [0.15, 0.2) is 34.2 Å². The summed E-state index contributed by atoms with van der Waals surface area (Å²) in [5, 5.41) is 3.33. The minimum Gasteiger partial charge on any atom is -0.493 e. The van der Waals surface area contributed by atoms with Crippen molar-refractivity contribution in [3.63, 3.8) is 0 Å². The van der Waals surface area contributed by atoms with E-state index >= 15 is 0 Å². The average Bonchev–Trinajstić information content (AvgIpc) is 3.25. The molecule has 9 nitrogen and oxygen atoms in total. The number of carbonyl (C=O) groups excluding carboxylic acids is 1. The van der Waals surface area contributed by atoms with E-state index in [9.17, 15) is 4.79 Å². The number of amides is 1. The molecular weight excluding hydrogens is 422 g/mol. The largest absolute Gasteiger partial charge is 0.493 e. The van der Waals surface area contributed by atoms with E-state index in [1.807, 2.05) is 18.2 Å². The molecule has 3 rings (SSSR count). The monoisotopic (exact) mass is 447 g/mol. The van der Waals surface area contributed by atoms with Gasteiger partial charge in [-0.1, -0.05) is 6.07 Å². The number of ether oxygens (including phenoxy) is 5. The van der Waals surface area contributed by atoms with Crippen LogP contribution in [-0.4, -0.2) is 44.7 Å². The van der Waals surface area contributed by atoms with Crippen molar-refractivity contribution in [1.29, 1.82) is 0 Å². The van der Waals surface area contributed by atoms with Crippen LogP contribution in [0.1, 0.15) is 12.5 Å². The van der Waals surface area contributed by atoms with Crippen LogP contribution in [0.2, 0.25) is 0 Å². The third-order valence-corrected chi connectivity index (χ3v) is 4.72. The van der Waals surface area contributed by atoms with Crippen molar-refractivity contribution < 1.29 is 28.5 Å². The van der Waals surface area contributed by atoms with E-state index in [2.05, 4.69) is 16.2 Å². The van der Waals surface area contributed by atoms with E-state index in [1.165, 1.54) is 0 Å². The molecule has 1 amide bonds. The molecular formula is C21H25N3O6S. The molecule has 1 aliphatic rings. The Morgan fingerprint density at radius 3 is 2.61 bits per heavy atom. The topological polar surface area (TPSA) is 99.3 Å². The van der Waals surface area contributed by atoms with Crippen molar-refractivity contribution in [1.82, 2.24) is 16.2 Å². The fourth-order valence-electron chi connectivity index (χ4n) is 2.83. The Bertz CT molecular complexity index is 939. The normalized spacial score (nSPS) is 12.5. The number of benzene rings is 2. The molecule has 0 saturated carbocycles. The number of rotatable bonds is 8. The van der Waals surface area contributed by atoms with Gasteiger partial charge in [0, 0.05) is 12.6 Å². The molecule has 0 aromatic heterocycles. The molecule has 10 heteroatoms. The molecule has 0 bridgehead atoms.